The molecule has 44 heavy (non-hydrogen) atoms. The summed E-state index contributed by atoms with van der Waals surface area (Å²) in [6.45, 7) is 7.37. The second-order valence-electron chi connectivity index (χ2n) is 11.7. The molecule has 2 aromatic carbocycles. The highest BCUT2D eigenvalue weighted by atomic mass is 35.5. The molecule has 4 aromatic rings. The summed E-state index contributed by atoms with van der Waals surface area (Å²) in [5, 5.41) is 9.60. The fourth-order valence-electron chi connectivity index (χ4n) is 6.31. The first kappa shape index (κ1) is 28.8. The van der Waals surface area contributed by atoms with E-state index in [9.17, 15) is 14.3 Å². The van der Waals surface area contributed by atoms with Gasteiger partial charge in [-0.2, -0.15) is 0 Å². The summed E-state index contributed by atoms with van der Waals surface area (Å²) in [6, 6.07) is 10.4. The van der Waals surface area contributed by atoms with Crippen molar-refractivity contribution in [1.82, 2.24) is 19.4 Å². The Hall–Kier alpha value is -3.93. The molecule has 2 atom stereocenters. The van der Waals surface area contributed by atoms with E-state index in [4.69, 9.17) is 35.2 Å². The van der Waals surface area contributed by atoms with Crippen molar-refractivity contribution in [2.75, 3.05) is 19.7 Å². The minimum atomic E-state index is -1.29. The summed E-state index contributed by atoms with van der Waals surface area (Å²) < 4.78 is 40.7. The normalized spacial score (nSPS) is 21.9. The molecular weight excluding hydrogens is 591 g/mol. The van der Waals surface area contributed by atoms with E-state index in [2.05, 4.69) is 20.5 Å². The fourth-order valence-corrected chi connectivity index (χ4v) is 6.47. The Morgan fingerprint density at radius 1 is 1.18 bits per heavy atom. The van der Waals surface area contributed by atoms with E-state index < -0.39 is 17.6 Å². The number of carbonyl (C=O) groups is 1. The molecule has 0 bridgehead atoms. The number of carboxylic acid groups (broad SMARTS) is 1. The van der Waals surface area contributed by atoms with Gasteiger partial charge in [-0.3, -0.25) is 4.90 Å². The van der Waals surface area contributed by atoms with Crippen molar-refractivity contribution >= 4 is 17.6 Å². The lowest BCUT2D eigenvalue weighted by molar-refractivity contribution is -0.0712. The average molecular weight is 623 g/mol. The van der Waals surface area contributed by atoms with Crippen LogP contribution in [-0.2, 0) is 23.6 Å². The van der Waals surface area contributed by atoms with E-state index in [1.54, 1.807) is 19.1 Å². The molecule has 230 valence electrons. The zero-order valence-corrected chi connectivity index (χ0v) is 25.1. The summed E-state index contributed by atoms with van der Waals surface area (Å²) in [6.07, 6.45) is 4.10. The van der Waals surface area contributed by atoms with E-state index in [0.717, 1.165) is 56.0 Å². The maximum absolute atomic E-state index is 14.8. The number of aromatic nitrogens is 3. The Balaban J connectivity index is 1.07. The van der Waals surface area contributed by atoms with Crippen LogP contribution in [-0.4, -0.2) is 56.3 Å². The third-order valence-electron chi connectivity index (χ3n) is 8.82. The number of para-hydroxylation sites is 1. The number of benzene rings is 2. The predicted molar refractivity (Wildman–Crippen MR) is 157 cm³/mol. The number of piperidine rings is 1. The number of ether oxygens (including phenoxy) is 3. The van der Waals surface area contributed by atoms with Gasteiger partial charge < -0.3 is 28.3 Å². The first-order chi connectivity index (χ1) is 21.2. The molecule has 2 fully saturated rings. The standard InChI is InChI=1S/C32H32ClFN4O6/c1-18-28(30-35-15-26(42-30)31(39)40)36-27(38(18)16-21-10-13-41-21)17-37-11-8-19(9-12-37)22-4-3-5-25-29(22)44-32(2,43-25)23-7-6-20(33)14-24(23)34/h3-7,14-15,19,21H,8-13,16-17H2,1-2H3,(H,39,40). The van der Waals surface area contributed by atoms with E-state index >= 15 is 0 Å². The second-order valence-corrected chi connectivity index (χ2v) is 12.1. The Morgan fingerprint density at radius 2 is 1.98 bits per heavy atom. The van der Waals surface area contributed by atoms with Gasteiger partial charge in [-0.15, -0.1) is 0 Å². The van der Waals surface area contributed by atoms with Crippen molar-refractivity contribution in [2.24, 2.45) is 0 Å². The van der Waals surface area contributed by atoms with E-state index in [1.165, 1.54) is 12.3 Å². The number of halogens is 2. The minimum absolute atomic E-state index is 0.119. The molecule has 2 aromatic heterocycles. The van der Waals surface area contributed by atoms with Gasteiger partial charge in [0.1, 0.15) is 17.3 Å². The smallest absolute Gasteiger partial charge is 0.373 e. The first-order valence-corrected chi connectivity index (χ1v) is 15.1. The van der Waals surface area contributed by atoms with Crippen molar-refractivity contribution in [1.29, 1.82) is 0 Å². The molecule has 7 rings (SSSR count). The first-order valence-electron chi connectivity index (χ1n) is 14.7. The lowest BCUT2D eigenvalue weighted by Gasteiger charge is -2.33. The van der Waals surface area contributed by atoms with Crippen LogP contribution < -0.4 is 9.47 Å². The van der Waals surface area contributed by atoms with Gasteiger partial charge in [-0.1, -0.05) is 23.7 Å². The Kier molecular flexibility index (Phi) is 7.34. The summed E-state index contributed by atoms with van der Waals surface area (Å²) >= 11 is 5.97. The third kappa shape index (κ3) is 5.22. The monoisotopic (exact) mass is 622 g/mol. The predicted octanol–water partition coefficient (Wildman–Crippen LogP) is 6.15. The van der Waals surface area contributed by atoms with Crippen LogP contribution in [0.3, 0.4) is 0 Å². The highest BCUT2D eigenvalue weighted by molar-refractivity contribution is 6.30. The van der Waals surface area contributed by atoms with Gasteiger partial charge >= 0.3 is 5.97 Å². The molecule has 3 aliphatic rings. The average Bonchev–Trinajstić information content (AvgIpc) is 3.67. The molecule has 0 spiro atoms. The van der Waals surface area contributed by atoms with Crippen LogP contribution in [0.25, 0.3) is 11.6 Å². The zero-order chi connectivity index (χ0) is 30.6. The number of likely N-dealkylation sites (tertiary alicyclic amines) is 1. The quantitative estimate of drug-likeness (QED) is 0.247. The molecular formula is C32H32ClFN4O6. The number of nitrogens with zero attached hydrogens (tertiary/aromatic N) is 4. The molecule has 2 saturated heterocycles. The molecule has 10 nitrogen and oxygen atoms in total. The Bertz CT molecular complexity index is 1730. The number of imidazole rings is 1. The molecule has 2 unspecified atom stereocenters. The van der Waals surface area contributed by atoms with Crippen LogP contribution in [0.2, 0.25) is 5.02 Å². The largest absolute Gasteiger partial charge is 0.475 e. The highest BCUT2D eigenvalue weighted by Gasteiger charge is 2.43. The van der Waals surface area contributed by atoms with Crippen LogP contribution in [0.15, 0.2) is 47.0 Å². The SMILES string of the molecule is Cc1c(-c2ncc(C(=O)O)o2)nc(CN2CCC(c3cccc4c3OC(C)(c3ccc(Cl)cc3F)O4)CC2)n1CC1CCO1. The Morgan fingerprint density at radius 3 is 2.66 bits per heavy atom. The molecule has 12 heteroatoms. The summed E-state index contributed by atoms with van der Waals surface area (Å²) in [7, 11) is 0. The van der Waals surface area contributed by atoms with Gasteiger partial charge in [0.25, 0.3) is 5.79 Å². The van der Waals surface area contributed by atoms with Gasteiger partial charge in [-0.05, 0) is 69.5 Å². The lowest BCUT2D eigenvalue weighted by atomic mass is 9.88. The fraction of sp³-hybridized carbons (Fsp3) is 0.406. The Labute approximate surface area is 258 Å². The number of carboxylic acids is 1. The molecule has 1 N–H and O–H groups in total. The summed E-state index contributed by atoms with van der Waals surface area (Å²) in [5.41, 5.74) is 2.75. The second kappa shape index (κ2) is 11.2. The highest BCUT2D eigenvalue weighted by Crippen LogP contribution is 2.50. The van der Waals surface area contributed by atoms with E-state index in [-0.39, 0.29) is 23.7 Å². The van der Waals surface area contributed by atoms with Crippen LogP contribution >= 0.6 is 11.6 Å². The molecule has 3 aliphatic heterocycles. The number of hydrogen-bond donors (Lipinski definition) is 1. The van der Waals surface area contributed by atoms with Crippen LogP contribution in [0, 0.1) is 12.7 Å². The number of fused-ring (bicyclic) bond motifs is 1. The van der Waals surface area contributed by atoms with Crippen molar-refractivity contribution < 1.29 is 32.9 Å². The molecule has 0 aliphatic carbocycles. The van der Waals surface area contributed by atoms with Crippen LogP contribution in [0.1, 0.15) is 65.3 Å². The number of hydrogen-bond acceptors (Lipinski definition) is 8. The van der Waals surface area contributed by atoms with Gasteiger partial charge in [0.05, 0.1) is 31.0 Å². The zero-order valence-electron chi connectivity index (χ0n) is 24.4. The molecule has 5 heterocycles. The van der Waals surface area contributed by atoms with E-state index in [0.29, 0.717) is 40.9 Å². The van der Waals surface area contributed by atoms with E-state index in [1.807, 2.05) is 19.1 Å². The molecule has 0 saturated carbocycles. The number of rotatable bonds is 8. The van der Waals surface area contributed by atoms with Crippen molar-refractivity contribution in [3.05, 3.63) is 81.8 Å². The van der Waals surface area contributed by atoms with Gasteiger partial charge in [0, 0.05) is 29.8 Å². The maximum atomic E-state index is 14.8. The number of aromatic carboxylic acids is 1. The van der Waals surface area contributed by atoms with Gasteiger partial charge in [0.2, 0.25) is 11.7 Å². The minimum Gasteiger partial charge on any atom is -0.475 e. The lowest BCUT2D eigenvalue weighted by Crippen LogP contribution is -2.35. The summed E-state index contributed by atoms with van der Waals surface area (Å²) in [4.78, 5) is 22.8. The van der Waals surface area contributed by atoms with Crippen molar-refractivity contribution in [3.8, 4) is 23.1 Å². The van der Waals surface area contributed by atoms with Crippen LogP contribution in [0.4, 0.5) is 4.39 Å². The topological polar surface area (TPSA) is 112 Å². The van der Waals surface area contributed by atoms with Crippen LogP contribution in [0.5, 0.6) is 11.5 Å². The third-order valence-corrected chi connectivity index (χ3v) is 9.06. The van der Waals surface area contributed by atoms with Gasteiger partial charge in [-0.25, -0.2) is 19.2 Å². The van der Waals surface area contributed by atoms with Gasteiger partial charge in [0.15, 0.2) is 11.5 Å². The van der Waals surface area contributed by atoms with Crippen molar-refractivity contribution in [2.45, 2.75) is 64.0 Å². The van der Waals surface area contributed by atoms with Crippen molar-refractivity contribution in [3.63, 3.8) is 0 Å². The summed E-state index contributed by atoms with van der Waals surface area (Å²) in [5.74, 6) is -0.613. The number of oxazole rings is 1. The maximum Gasteiger partial charge on any atom is 0.373 e. The molecule has 0 radical (unpaired) electrons. The molecule has 0 amide bonds.